The van der Waals surface area contributed by atoms with Crippen molar-refractivity contribution in [3.05, 3.63) is 34.9 Å². The van der Waals surface area contributed by atoms with E-state index in [4.69, 9.17) is 11.6 Å². The summed E-state index contributed by atoms with van der Waals surface area (Å²) in [6.07, 6.45) is -0.771. The molecule has 2 amide bonds. The highest BCUT2D eigenvalue weighted by Crippen LogP contribution is 2.21. The van der Waals surface area contributed by atoms with Gasteiger partial charge in [-0.1, -0.05) is 29.8 Å². The van der Waals surface area contributed by atoms with Crippen LogP contribution in [0.4, 0.5) is 4.79 Å². The number of alkyl carbamates (subject to hydrolysis) is 1. The number of hydrogen-bond donors (Lipinski definition) is 2. The van der Waals surface area contributed by atoms with Gasteiger partial charge in [-0.2, -0.15) is 0 Å². The Morgan fingerprint density at radius 2 is 2.06 bits per heavy atom. The average Bonchev–Trinajstić information content (AvgIpc) is 2.36. The fourth-order valence-corrected chi connectivity index (χ4v) is 1.69. The summed E-state index contributed by atoms with van der Waals surface area (Å²) in [5.41, 5.74) is 0.894. The molecule has 0 saturated carbocycles. The number of amides is 2. The van der Waals surface area contributed by atoms with E-state index in [9.17, 15) is 9.59 Å². The molecule has 98 valence electrons. The van der Waals surface area contributed by atoms with Crippen LogP contribution in [0, 0.1) is 0 Å². The van der Waals surface area contributed by atoms with E-state index in [2.05, 4.69) is 15.4 Å². The van der Waals surface area contributed by atoms with Crippen molar-refractivity contribution in [1.82, 2.24) is 10.6 Å². The van der Waals surface area contributed by atoms with Gasteiger partial charge in [0.1, 0.15) is 0 Å². The molecule has 0 unspecified atom stereocenters. The first-order chi connectivity index (χ1) is 8.54. The van der Waals surface area contributed by atoms with Crippen LogP contribution in [0.15, 0.2) is 24.3 Å². The molecule has 0 radical (unpaired) electrons. The zero-order valence-electron chi connectivity index (χ0n) is 10.2. The predicted molar refractivity (Wildman–Crippen MR) is 68.4 cm³/mol. The largest absolute Gasteiger partial charge is 0.453 e. The number of imide groups is 1. The summed E-state index contributed by atoms with van der Waals surface area (Å²) >= 11 is 6.03. The molecule has 0 fully saturated rings. The molecule has 0 saturated heterocycles. The topological polar surface area (TPSA) is 67.4 Å². The van der Waals surface area contributed by atoms with Crippen LogP contribution < -0.4 is 10.6 Å². The van der Waals surface area contributed by atoms with Crippen LogP contribution in [0.1, 0.15) is 18.5 Å². The average molecular weight is 271 g/mol. The Balaban J connectivity index is 2.47. The van der Waals surface area contributed by atoms with E-state index in [1.807, 2.05) is 25.1 Å². The summed E-state index contributed by atoms with van der Waals surface area (Å²) in [5, 5.41) is 5.65. The maximum absolute atomic E-state index is 11.3. The number of carbonyl (C=O) groups is 2. The fraction of sp³-hybridized carbons (Fsp3) is 0.333. The van der Waals surface area contributed by atoms with Gasteiger partial charge in [0.25, 0.3) is 0 Å². The molecule has 0 aliphatic rings. The number of nitrogens with one attached hydrogen (secondary N) is 2. The number of benzene rings is 1. The van der Waals surface area contributed by atoms with E-state index in [0.717, 1.165) is 5.56 Å². The van der Waals surface area contributed by atoms with E-state index < -0.39 is 12.0 Å². The summed E-state index contributed by atoms with van der Waals surface area (Å²) < 4.78 is 4.31. The first-order valence-corrected chi connectivity index (χ1v) is 5.78. The fourth-order valence-electron chi connectivity index (χ4n) is 1.39. The standard InChI is InChI=1S/C12H15ClN2O3/c1-8(9-5-3-4-6-10(9)13)14-7-11(16)15-12(17)18-2/h3-6,8,14H,7H2,1-2H3,(H,15,16,17)/t8-/m0/s1. The smallest absolute Gasteiger partial charge is 0.413 e. The van der Waals surface area contributed by atoms with Crippen LogP contribution >= 0.6 is 11.6 Å². The summed E-state index contributed by atoms with van der Waals surface area (Å²) in [7, 11) is 1.20. The molecule has 5 nitrogen and oxygen atoms in total. The molecule has 0 heterocycles. The van der Waals surface area contributed by atoms with Crippen LogP contribution in [-0.4, -0.2) is 25.7 Å². The zero-order chi connectivity index (χ0) is 13.5. The van der Waals surface area contributed by atoms with Gasteiger partial charge in [-0.15, -0.1) is 0 Å². The normalized spacial score (nSPS) is 11.7. The summed E-state index contributed by atoms with van der Waals surface area (Å²) in [5.74, 6) is -0.458. The maximum atomic E-state index is 11.3. The molecule has 1 aromatic rings. The van der Waals surface area contributed by atoms with Crippen LogP contribution in [0.25, 0.3) is 0 Å². The Bertz CT molecular complexity index is 437. The van der Waals surface area contributed by atoms with Gasteiger partial charge < -0.3 is 10.1 Å². The number of carbonyl (C=O) groups excluding carboxylic acids is 2. The number of methoxy groups -OCH3 is 1. The molecular formula is C12H15ClN2O3. The van der Waals surface area contributed by atoms with Gasteiger partial charge in [-0.3, -0.25) is 10.1 Å². The molecule has 0 bridgehead atoms. The molecule has 0 aromatic heterocycles. The Morgan fingerprint density at radius 3 is 2.67 bits per heavy atom. The van der Waals surface area contributed by atoms with Gasteiger partial charge in [0.05, 0.1) is 13.7 Å². The Hall–Kier alpha value is -1.59. The molecule has 2 N–H and O–H groups in total. The molecule has 18 heavy (non-hydrogen) atoms. The quantitative estimate of drug-likeness (QED) is 0.877. The molecule has 0 aliphatic heterocycles. The molecular weight excluding hydrogens is 256 g/mol. The number of halogens is 1. The first kappa shape index (κ1) is 14.5. The first-order valence-electron chi connectivity index (χ1n) is 5.40. The maximum Gasteiger partial charge on any atom is 0.413 e. The van der Waals surface area contributed by atoms with Crippen LogP contribution in [0.2, 0.25) is 5.02 Å². The summed E-state index contributed by atoms with van der Waals surface area (Å²) in [6.45, 7) is 1.88. The third kappa shape index (κ3) is 4.35. The highest BCUT2D eigenvalue weighted by molar-refractivity contribution is 6.31. The molecule has 1 rings (SSSR count). The van der Waals surface area contributed by atoms with Crippen molar-refractivity contribution < 1.29 is 14.3 Å². The number of rotatable bonds is 4. The molecule has 6 heteroatoms. The van der Waals surface area contributed by atoms with Gasteiger partial charge in [-0.25, -0.2) is 4.79 Å². The van der Waals surface area contributed by atoms with Gasteiger partial charge >= 0.3 is 6.09 Å². The van der Waals surface area contributed by atoms with Crippen LogP contribution in [0.3, 0.4) is 0 Å². The SMILES string of the molecule is COC(=O)NC(=O)CN[C@@H](C)c1ccccc1Cl. The van der Waals surface area contributed by atoms with Gasteiger partial charge in [0.15, 0.2) is 0 Å². The highest BCUT2D eigenvalue weighted by Gasteiger charge is 2.12. The Labute approximate surface area is 110 Å². The monoisotopic (exact) mass is 270 g/mol. The van der Waals surface area contributed by atoms with Crippen molar-refractivity contribution in [1.29, 1.82) is 0 Å². The summed E-state index contributed by atoms with van der Waals surface area (Å²) in [4.78, 5) is 22.1. The molecule has 1 atom stereocenters. The van der Waals surface area contributed by atoms with E-state index >= 15 is 0 Å². The van der Waals surface area contributed by atoms with Crippen molar-refractivity contribution in [2.24, 2.45) is 0 Å². The molecule has 1 aromatic carbocycles. The lowest BCUT2D eigenvalue weighted by atomic mass is 10.1. The zero-order valence-corrected chi connectivity index (χ0v) is 11.0. The van der Waals surface area contributed by atoms with Crippen molar-refractivity contribution >= 4 is 23.6 Å². The van der Waals surface area contributed by atoms with Gasteiger partial charge in [0.2, 0.25) is 5.91 Å². The van der Waals surface area contributed by atoms with Crippen molar-refractivity contribution in [3.63, 3.8) is 0 Å². The van der Waals surface area contributed by atoms with Crippen molar-refractivity contribution in [3.8, 4) is 0 Å². The third-order valence-corrected chi connectivity index (χ3v) is 2.71. The number of ether oxygens (including phenoxy) is 1. The Morgan fingerprint density at radius 1 is 1.39 bits per heavy atom. The minimum absolute atomic E-state index is 0.00148. The third-order valence-electron chi connectivity index (χ3n) is 2.37. The summed E-state index contributed by atoms with van der Waals surface area (Å²) in [6, 6.07) is 7.26. The lowest BCUT2D eigenvalue weighted by Crippen LogP contribution is -2.38. The predicted octanol–water partition coefficient (Wildman–Crippen LogP) is 1.87. The van der Waals surface area contributed by atoms with Crippen molar-refractivity contribution in [2.45, 2.75) is 13.0 Å². The second-order valence-electron chi connectivity index (χ2n) is 3.66. The second-order valence-corrected chi connectivity index (χ2v) is 4.07. The lowest BCUT2D eigenvalue weighted by molar-refractivity contribution is -0.119. The molecule has 0 aliphatic carbocycles. The van der Waals surface area contributed by atoms with Gasteiger partial charge in [-0.05, 0) is 18.6 Å². The lowest BCUT2D eigenvalue weighted by Gasteiger charge is -2.15. The van der Waals surface area contributed by atoms with E-state index in [1.54, 1.807) is 6.07 Å². The Kier molecular flexibility index (Phi) is 5.61. The van der Waals surface area contributed by atoms with E-state index in [0.29, 0.717) is 5.02 Å². The number of hydrogen-bond acceptors (Lipinski definition) is 4. The van der Waals surface area contributed by atoms with Crippen LogP contribution in [-0.2, 0) is 9.53 Å². The second kappa shape index (κ2) is 6.98. The van der Waals surface area contributed by atoms with Gasteiger partial charge in [0, 0.05) is 11.1 Å². The van der Waals surface area contributed by atoms with Crippen LogP contribution in [0.5, 0.6) is 0 Å². The van der Waals surface area contributed by atoms with E-state index in [-0.39, 0.29) is 12.6 Å². The minimum atomic E-state index is -0.771. The minimum Gasteiger partial charge on any atom is -0.453 e. The highest BCUT2D eigenvalue weighted by atomic mass is 35.5. The molecule has 0 spiro atoms. The van der Waals surface area contributed by atoms with Crippen molar-refractivity contribution in [2.75, 3.05) is 13.7 Å². The van der Waals surface area contributed by atoms with E-state index in [1.165, 1.54) is 7.11 Å².